The summed E-state index contributed by atoms with van der Waals surface area (Å²) in [4.78, 5) is 73.9. The average Bonchev–Trinajstić information content (AvgIpc) is 2.64. The number of rotatable bonds is 9. The Morgan fingerprint density at radius 2 is 1.10 bits per heavy atom. The molecule has 0 aromatic heterocycles. The molecule has 0 bridgehead atoms. The Labute approximate surface area is 170 Å². The Balaban J connectivity index is 1.76. The molecule has 0 aliphatic carbocycles. The summed E-state index contributed by atoms with van der Waals surface area (Å²) in [6, 6.07) is 0. The predicted octanol–water partition coefficient (Wildman–Crippen LogP) is -3.62. The number of carbonyl (C=O) groups excluding carboxylic acids is 5. The van der Waals surface area contributed by atoms with Gasteiger partial charge in [-0.15, -0.1) is 0 Å². The van der Waals surface area contributed by atoms with Crippen molar-refractivity contribution >= 4 is 35.9 Å². The van der Waals surface area contributed by atoms with Gasteiger partial charge >= 0.3 is 6.16 Å². The fourth-order valence-corrected chi connectivity index (χ4v) is 3.04. The van der Waals surface area contributed by atoms with Crippen molar-refractivity contribution in [3.05, 3.63) is 0 Å². The zero-order valence-corrected chi connectivity index (χ0v) is 16.0. The topological polar surface area (TPSA) is 177 Å². The third-order valence-electron chi connectivity index (χ3n) is 4.45. The summed E-state index contributed by atoms with van der Waals surface area (Å²) in [5.41, 5.74) is 0. The SMILES string of the molecule is O=C([O-])OCCN1C(=O)CN(CCN2CC(=O)N(CCOC(=O)O)C(=O)C2)CC1=O. The average molecular weight is 429 g/mol. The van der Waals surface area contributed by atoms with E-state index in [1.54, 1.807) is 9.80 Å². The predicted molar refractivity (Wildman–Crippen MR) is 91.6 cm³/mol. The van der Waals surface area contributed by atoms with Crippen molar-refractivity contribution in [2.75, 3.05) is 65.6 Å². The number of hydrogen-bond donors (Lipinski definition) is 1. The van der Waals surface area contributed by atoms with E-state index < -0.39 is 35.9 Å². The smallest absolute Gasteiger partial charge is 0.505 e. The molecule has 0 spiro atoms. The van der Waals surface area contributed by atoms with E-state index >= 15 is 0 Å². The summed E-state index contributed by atoms with van der Waals surface area (Å²) in [6.45, 7) is -0.824. The first kappa shape index (κ1) is 23.0. The normalized spacial score (nSPS) is 18.7. The van der Waals surface area contributed by atoms with Gasteiger partial charge in [-0.3, -0.25) is 38.8 Å². The van der Waals surface area contributed by atoms with Crippen LogP contribution < -0.4 is 5.11 Å². The van der Waals surface area contributed by atoms with Gasteiger partial charge in [0.15, 0.2) is 0 Å². The zero-order chi connectivity index (χ0) is 22.3. The maximum atomic E-state index is 12.1. The molecule has 0 saturated carbocycles. The Hall–Kier alpha value is -3.26. The second kappa shape index (κ2) is 10.5. The largest absolute Gasteiger partial charge is 0.548 e. The van der Waals surface area contributed by atoms with E-state index in [9.17, 15) is 33.9 Å². The van der Waals surface area contributed by atoms with E-state index in [1.807, 2.05) is 0 Å². The molecule has 30 heavy (non-hydrogen) atoms. The molecular weight excluding hydrogens is 408 g/mol. The third kappa shape index (κ3) is 6.66. The van der Waals surface area contributed by atoms with Gasteiger partial charge in [-0.1, -0.05) is 0 Å². The monoisotopic (exact) mass is 429 g/mol. The summed E-state index contributed by atoms with van der Waals surface area (Å²) in [5, 5.41) is 18.6. The van der Waals surface area contributed by atoms with Crippen molar-refractivity contribution in [3.63, 3.8) is 0 Å². The highest BCUT2D eigenvalue weighted by molar-refractivity contribution is 6.00. The van der Waals surface area contributed by atoms with Gasteiger partial charge < -0.3 is 24.5 Å². The molecule has 166 valence electrons. The molecule has 0 aromatic carbocycles. The Kier molecular flexibility index (Phi) is 8.06. The van der Waals surface area contributed by atoms with Crippen molar-refractivity contribution in [1.29, 1.82) is 0 Å². The molecule has 2 heterocycles. The molecular formula is C16H21N4O10-. The number of piperazine rings is 2. The lowest BCUT2D eigenvalue weighted by Gasteiger charge is -2.36. The molecule has 0 radical (unpaired) electrons. The van der Waals surface area contributed by atoms with Gasteiger partial charge in [0.25, 0.3) is 6.16 Å². The van der Waals surface area contributed by atoms with Crippen molar-refractivity contribution in [3.8, 4) is 0 Å². The van der Waals surface area contributed by atoms with E-state index in [-0.39, 0.29) is 65.6 Å². The Bertz CT molecular complexity index is 631. The summed E-state index contributed by atoms with van der Waals surface area (Å²) >= 11 is 0. The minimum Gasteiger partial charge on any atom is -0.548 e. The maximum absolute atomic E-state index is 12.1. The molecule has 2 aliphatic rings. The highest BCUT2D eigenvalue weighted by Gasteiger charge is 2.33. The maximum Gasteiger partial charge on any atom is 0.505 e. The Morgan fingerprint density at radius 3 is 1.43 bits per heavy atom. The molecule has 14 heteroatoms. The van der Waals surface area contributed by atoms with Crippen LogP contribution in [0.5, 0.6) is 0 Å². The molecule has 0 unspecified atom stereocenters. The minimum absolute atomic E-state index is 0.0682. The van der Waals surface area contributed by atoms with Crippen molar-refractivity contribution in [2.24, 2.45) is 0 Å². The highest BCUT2D eigenvalue weighted by atomic mass is 16.7. The number of hydrogen-bond acceptors (Lipinski definition) is 11. The quantitative estimate of drug-likeness (QED) is 0.281. The van der Waals surface area contributed by atoms with E-state index in [0.717, 1.165) is 9.80 Å². The van der Waals surface area contributed by atoms with Crippen molar-refractivity contribution in [1.82, 2.24) is 19.6 Å². The third-order valence-corrected chi connectivity index (χ3v) is 4.45. The second-order valence-corrected chi connectivity index (χ2v) is 6.51. The molecule has 2 saturated heterocycles. The molecule has 0 atom stereocenters. The molecule has 14 nitrogen and oxygen atoms in total. The van der Waals surface area contributed by atoms with Gasteiger partial charge in [-0.2, -0.15) is 0 Å². The van der Waals surface area contributed by atoms with Crippen LogP contribution >= 0.6 is 0 Å². The van der Waals surface area contributed by atoms with Crippen molar-refractivity contribution < 1.29 is 48.5 Å². The first-order chi connectivity index (χ1) is 14.2. The van der Waals surface area contributed by atoms with Crippen LogP contribution in [0, 0.1) is 0 Å². The molecule has 2 fully saturated rings. The zero-order valence-electron chi connectivity index (χ0n) is 16.0. The van der Waals surface area contributed by atoms with Gasteiger partial charge in [-0.25, -0.2) is 4.79 Å². The fourth-order valence-electron chi connectivity index (χ4n) is 3.04. The molecule has 2 aliphatic heterocycles. The molecule has 0 aromatic rings. The van der Waals surface area contributed by atoms with Crippen molar-refractivity contribution in [2.45, 2.75) is 0 Å². The number of carbonyl (C=O) groups is 6. The fraction of sp³-hybridized carbons (Fsp3) is 0.625. The van der Waals surface area contributed by atoms with Crippen LogP contribution in [0.1, 0.15) is 0 Å². The number of carboxylic acid groups (broad SMARTS) is 2. The van der Waals surface area contributed by atoms with Gasteiger partial charge in [0, 0.05) is 26.2 Å². The number of nitrogens with zero attached hydrogens (tertiary/aromatic N) is 4. The van der Waals surface area contributed by atoms with Crippen LogP contribution in [0.25, 0.3) is 0 Å². The van der Waals surface area contributed by atoms with E-state index in [1.165, 1.54) is 0 Å². The standard InChI is InChI=1S/C16H22N4O10/c21-11-7-17(8-12(22)19(11)3-5-29-15(25)26)1-2-18-9-13(23)20(14(24)10-18)4-6-30-16(27)28/h1-10H2,(H,25,26)(H,27,28)/p-1. The molecule has 1 N–H and O–H groups in total. The minimum atomic E-state index is -1.74. The van der Waals surface area contributed by atoms with E-state index in [0.29, 0.717) is 0 Å². The van der Waals surface area contributed by atoms with Gasteiger partial charge in [0.2, 0.25) is 23.6 Å². The summed E-state index contributed by atoms with van der Waals surface area (Å²) < 4.78 is 8.50. The number of amides is 4. The summed E-state index contributed by atoms with van der Waals surface area (Å²) in [6.07, 6.45) is -3.24. The van der Waals surface area contributed by atoms with Gasteiger partial charge in [0.1, 0.15) is 6.61 Å². The van der Waals surface area contributed by atoms with Crippen LogP contribution in [0.15, 0.2) is 0 Å². The van der Waals surface area contributed by atoms with Crippen LogP contribution in [0.3, 0.4) is 0 Å². The number of ether oxygens (including phenoxy) is 2. The Morgan fingerprint density at radius 1 is 0.733 bits per heavy atom. The highest BCUT2D eigenvalue weighted by Crippen LogP contribution is 2.08. The van der Waals surface area contributed by atoms with E-state index in [2.05, 4.69) is 9.47 Å². The lowest BCUT2D eigenvalue weighted by molar-refractivity contribution is -0.282. The molecule has 4 amide bonds. The lowest BCUT2D eigenvalue weighted by atomic mass is 10.2. The van der Waals surface area contributed by atoms with Crippen LogP contribution in [0.2, 0.25) is 0 Å². The summed E-state index contributed by atoms with van der Waals surface area (Å²) in [5.74, 6) is -2.01. The van der Waals surface area contributed by atoms with Crippen LogP contribution in [-0.2, 0) is 28.7 Å². The van der Waals surface area contributed by atoms with Crippen LogP contribution in [0.4, 0.5) is 9.59 Å². The van der Waals surface area contributed by atoms with Gasteiger partial charge in [0.05, 0.1) is 32.7 Å². The second-order valence-electron chi connectivity index (χ2n) is 6.51. The van der Waals surface area contributed by atoms with E-state index in [4.69, 9.17) is 5.11 Å². The number of imide groups is 2. The van der Waals surface area contributed by atoms with Crippen LogP contribution in [-0.4, -0.2) is 126 Å². The molecule has 2 rings (SSSR count). The van der Waals surface area contributed by atoms with Gasteiger partial charge in [-0.05, 0) is 0 Å². The summed E-state index contributed by atoms with van der Waals surface area (Å²) in [7, 11) is 0. The first-order valence-electron chi connectivity index (χ1n) is 8.98. The first-order valence-corrected chi connectivity index (χ1v) is 8.98. The lowest BCUT2D eigenvalue weighted by Crippen LogP contribution is -2.58.